The van der Waals surface area contributed by atoms with Crippen molar-refractivity contribution >= 4 is 11.8 Å². The maximum atomic E-state index is 12.5. The molecular weight excluding hydrogens is 230 g/mol. The Morgan fingerprint density at radius 3 is 2.50 bits per heavy atom. The highest BCUT2D eigenvalue weighted by Crippen LogP contribution is 2.28. The topological polar surface area (TPSA) is 66.6 Å². The van der Waals surface area contributed by atoms with Gasteiger partial charge in [0.15, 0.2) is 0 Å². The minimum Gasteiger partial charge on any atom is -0.344 e. The third-order valence-electron chi connectivity index (χ3n) is 4.13. The van der Waals surface area contributed by atoms with Crippen molar-refractivity contribution in [1.82, 2.24) is 9.80 Å². The summed E-state index contributed by atoms with van der Waals surface area (Å²) in [5.74, 6) is -0.00823. The van der Waals surface area contributed by atoms with Crippen molar-refractivity contribution < 1.29 is 9.59 Å². The van der Waals surface area contributed by atoms with E-state index in [1.807, 2.05) is 0 Å². The number of nitrogens with zero attached hydrogens (tertiary/aromatic N) is 2. The lowest BCUT2D eigenvalue weighted by atomic mass is 9.81. The highest BCUT2D eigenvalue weighted by molar-refractivity contribution is 5.90. The van der Waals surface area contributed by atoms with Gasteiger partial charge < -0.3 is 15.5 Å². The largest absolute Gasteiger partial charge is 0.344 e. The van der Waals surface area contributed by atoms with Gasteiger partial charge in [0.25, 0.3) is 0 Å². The number of likely N-dealkylation sites (N-methyl/N-ethyl adjacent to an activating group) is 1. The second kappa shape index (κ2) is 5.26. The Labute approximate surface area is 108 Å². The Hall–Kier alpha value is -1.10. The minimum atomic E-state index is -0.721. The Morgan fingerprint density at radius 1 is 1.17 bits per heavy atom. The molecule has 0 bridgehead atoms. The Bertz CT molecular complexity index is 337. The summed E-state index contributed by atoms with van der Waals surface area (Å²) in [7, 11) is 1.79. The van der Waals surface area contributed by atoms with E-state index in [1.165, 1.54) is 0 Å². The zero-order valence-corrected chi connectivity index (χ0v) is 11.2. The van der Waals surface area contributed by atoms with Crippen LogP contribution < -0.4 is 5.73 Å². The molecule has 5 heteroatoms. The van der Waals surface area contributed by atoms with Crippen molar-refractivity contribution in [3.8, 4) is 0 Å². The van der Waals surface area contributed by atoms with Gasteiger partial charge in [0.1, 0.15) is 0 Å². The molecule has 2 amide bonds. The first kappa shape index (κ1) is 13.3. The normalized spacial score (nSPS) is 24.9. The summed E-state index contributed by atoms with van der Waals surface area (Å²) < 4.78 is 0. The van der Waals surface area contributed by atoms with Crippen LogP contribution in [0.15, 0.2) is 0 Å². The number of amides is 2. The number of carbonyl (C=O) groups excluding carboxylic acids is 2. The van der Waals surface area contributed by atoms with Crippen molar-refractivity contribution in [2.24, 2.45) is 5.73 Å². The van der Waals surface area contributed by atoms with Crippen LogP contribution in [0.1, 0.15) is 38.5 Å². The van der Waals surface area contributed by atoms with Crippen molar-refractivity contribution in [2.45, 2.75) is 44.1 Å². The summed E-state index contributed by atoms with van der Waals surface area (Å²) >= 11 is 0. The molecule has 0 aromatic heterocycles. The van der Waals surface area contributed by atoms with Gasteiger partial charge in [-0.3, -0.25) is 9.59 Å². The van der Waals surface area contributed by atoms with Crippen LogP contribution in [0.25, 0.3) is 0 Å². The van der Waals surface area contributed by atoms with Crippen LogP contribution in [0.2, 0.25) is 0 Å². The van der Waals surface area contributed by atoms with Crippen LogP contribution in [-0.4, -0.2) is 53.8 Å². The Morgan fingerprint density at radius 2 is 1.83 bits per heavy atom. The van der Waals surface area contributed by atoms with E-state index in [4.69, 9.17) is 5.73 Å². The number of hydrogen-bond acceptors (Lipinski definition) is 3. The molecule has 102 valence electrons. The fourth-order valence-electron chi connectivity index (χ4n) is 2.87. The second-order valence-corrected chi connectivity index (χ2v) is 5.61. The fourth-order valence-corrected chi connectivity index (χ4v) is 2.87. The third-order valence-corrected chi connectivity index (χ3v) is 4.13. The van der Waals surface area contributed by atoms with Gasteiger partial charge in [-0.15, -0.1) is 0 Å². The van der Waals surface area contributed by atoms with Crippen LogP contribution in [-0.2, 0) is 9.59 Å². The van der Waals surface area contributed by atoms with Crippen LogP contribution >= 0.6 is 0 Å². The molecule has 0 aromatic rings. The molecule has 2 fully saturated rings. The smallest absolute Gasteiger partial charge is 0.243 e. The molecular formula is C13H23N3O2. The summed E-state index contributed by atoms with van der Waals surface area (Å²) in [5, 5.41) is 0. The molecule has 1 saturated carbocycles. The minimum absolute atomic E-state index is 0.0141. The van der Waals surface area contributed by atoms with E-state index in [9.17, 15) is 9.59 Å². The average Bonchev–Trinajstić information content (AvgIpc) is 2.52. The quantitative estimate of drug-likeness (QED) is 0.732. The van der Waals surface area contributed by atoms with Crippen LogP contribution in [0.4, 0.5) is 0 Å². The Balaban J connectivity index is 2.05. The molecule has 2 rings (SSSR count). The van der Waals surface area contributed by atoms with Gasteiger partial charge >= 0.3 is 0 Å². The van der Waals surface area contributed by atoms with E-state index in [0.717, 1.165) is 45.1 Å². The first-order chi connectivity index (χ1) is 8.53. The standard InChI is InChI=1S/C13H23N3O2/c1-15-8-5-9-16(10-11(15)17)12(18)13(14)6-3-2-4-7-13/h2-10,14H2,1H3. The molecule has 0 spiro atoms. The van der Waals surface area contributed by atoms with Gasteiger partial charge in [-0.1, -0.05) is 19.3 Å². The van der Waals surface area contributed by atoms with E-state index >= 15 is 0 Å². The predicted molar refractivity (Wildman–Crippen MR) is 68.8 cm³/mol. The van der Waals surface area contributed by atoms with Crippen molar-refractivity contribution in [3.05, 3.63) is 0 Å². The molecule has 5 nitrogen and oxygen atoms in total. The van der Waals surface area contributed by atoms with Gasteiger partial charge in [-0.05, 0) is 19.3 Å². The van der Waals surface area contributed by atoms with Gasteiger partial charge in [0.2, 0.25) is 11.8 Å². The lowest BCUT2D eigenvalue weighted by Crippen LogP contribution is -2.57. The van der Waals surface area contributed by atoms with Gasteiger partial charge in [-0.25, -0.2) is 0 Å². The SMILES string of the molecule is CN1CCCN(C(=O)C2(N)CCCCC2)CC1=O. The van der Waals surface area contributed by atoms with Crippen LogP contribution in [0.5, 0.6) is 0 Å². The molecule has 0 radical (unpaired) electrons. The molecule has 18 heavy (non-hydrogen) atoms. The second-order valence-electron chi connectivity index (χ2n) is 5.61. The highest BCUT2D eigenvalue weighted by atomic mass is 16.2. The molecule has 2 N–H and O–H groups in total. The van der Waals surface area contributed by atoms with Gasteiger partial charge in [0.05, 0.1) is 12.1 Å². The summed E-state index contributed by atoms with van der Waals surface area (Å²) in [6, 6.07) is 0. The summed E-state index contributed by atoms with van der Waals surface area (Å²) in [6.07, 6.45) is 5.55. The van der Waals surface area contributed by atoms with Gasteiger partial charge in [-0.2, -0.15) is 0 Å². The van der Waals surface area contributed by atoms with E-state index in [-0.39, 0.29) is 18.4 Å². The molecule has 0 atom stereocenters. The first-order valence-corrected chi connectivity index (χ1v) is 6.85. The number of nitrogens with two attached hydrogens (primary N) is 1. The van der Waals surface area contributed by atoms with E-state index in [1.54, 1.807) is 16.8 Å². The fraction of sp³-hybridized carbons (Fsp3) is 0.846. The maximum absolute atomic E-state index is 12.5. The van der Waals surface area contributed by atoms with Crippen LogP contribution in [0, 0.1) is 0 Å². The molecule has 1 heterocycles. The van der Waals surface area contributed by atoms with Crippen molar-refractivity contribution in [2.75, 3.05) is 26.7 Å². The monoisotopic (exact) mass is 253 g/mol. The summed E-state index contributed by atoms with van der Waals surface area (Å²) in [6.45, 7) is 1.56. The number of rotatable bonds is 1. The zero-order valence-electron chi connectivity index (χ0n) is 11.2. The van der Waals surface area contributed by atoms with Crippen molar-refractivity contribution in [1.29, 1.82) is 0 Å². The molecule has 1 aliphatic heterocycles. The summed E-state index contributed by atoms with van der Waals surface area (Å²) in [4.78, 5) is 27.7. The van der Waals surface area contributed by atoms with E-state index in [2.05, 4.69) is 0 Å². The van der Waals surface area contributed by atoms with E-state index in [0.29, 0.717) is 6.54 Å². The first-order valence-electron chi connectivity index (χ1n) is 6.85. The number of hydrogen-bond donors (Lipinski definition) is 1. The Kier molecular flexibility index (Phi) is 3.90. The van der Waals surface area contributed by atoms with Crippen LogP contribution in [0.3, 0.4) is 0 Å². The molecule has 1 aliphatic carbocycles. The number of carbonyl (C=O) groups is 2. The highest BCUT2D eigenvalue weighted by Gasteiger charge is 2.39. The third kappa shape index (κ3) is 2.66. The lowest BCUT2D eigenvalue weighted by Gasteiger charge is -2.36. The zero-order chi connectivity index (χ0) is 13.2. The van der Waals surface area contributed by atoms with E-state index < -0.39 is 5.54 Å². The molecule has 0 aromatic carbocycles. The van der Waals surface area contributed by atoms with Crippen molar-refractivity contribution in [3.63, 3.8) is 0 Å². The maximum Gasteiger partial charge on any atom is 0.243 e. The predicted octanol–water partition coefficient (Wildman–Crippen LogP) is 0.339. The average molecular weight is 253 g/mol. The summed E-state index contributed by atoms with van der Waals surface area (Å²) in [5.41, 5.74) is 5.53. The molecule has 2 aliphatic rings. The molecule has 0 unspecified atom stereocenters. The lowest BCUT2D eigenvalue weighted by molar-refractivity contribution is -0.142. The van der Waals surface area contributed by atoms with Gasteiger partial charge in [0, 0.05) is 20.1 Å². The molecule has 1 saturated heterocycles.